The van der Waals surface area contributed by atoms with Crippen molar-refractivity contribution in [2.24, 2.45) is 11.8 Å². The molecule has 1 saturated heterocycles. The molecule has 2 aliphatic carbocycles. The van der Waals surface area contributed by atoms with Crippen molar-refractivity contribution < 1.29 is 1.37 Å². The predicted molar refractivity (Wildman–Crippen MR) is 109 cm³/mol. The molecule has 2 aliphatic heterocycles. The average molecular weight is 352 g/mol. The minimum atomic E-state index is -0.500. The fourth-order valence-electron chi connectivity index (χ4n) is 6.30. The largest absolute Gasteiger partial charge is 0.351 e. The van der Waals surface area contributed by atoms with Gasteiger partial charge in [-0.25, -0.2) is 0 Å². The molecule has 2 heterocycles. The van der Waals surface area contributed by atoms with Crippen molar-refractivity contribution in [2.75, 3.05) is 4.90 Å². The maximum absolute atomic E-state index is 9.61. The molecule has 2 nitrogen and oxygen atoms in total. The number of anilines is 1. The van der Waals surface area contributed by atoms with E-state index < -0.39 is 6.02 Å². The van der Waals surface area contributed by atoms with Crippen molar-refractivity contribution in [2.45, 2.75) is 89.5 Å². The molecule has 0 radical (unpaired) electrons. The van der Waals surface area contributed by atoms with Crippen LogP contribution in [-0.4, -0.2) is 29.2 Å². The van der Waals surface area contributed by atoms with Crippen LogP contribution in [0.5, 0.6) is 0 Å². The summed E-state index contributed by atoms with van der Waals surface area (Å²) in [6, 6.07) is 9.21. The first-order valence-corrected chi connectivity index (χ1v) is 10.9. The highest BCUT2D eigenvalue weighted by Crippen LogP contribution is 2.47. The van der Waals surface area contributed by atoms with Crippen molar-refractivity contribution in [3.05, 3.63) is 42.0 Å². The van der Waals surface area contributed by atoms with E-state index in [1.54, 1.807) is 0 Å². The topological polar surface area (TPSA) is 6.48 Å². The quantitative estimate of drug-likeness (QED) is 0.662. The summed E-state index contributed by atoms with van der Waals surface area (Å²) in [7, 11) is 0. The first-order chi connectivity index (χ1) is 13.1. The Labute approximate surface area is 160 Å². The van der Waals surface area contributed by atoms with E-state index in [2.05, 4.69) is 60.1 Å². The Morgan fingerprint density at radius 3 is 2.27 bits per heavy atom. The maximum atomic E-state index is 9.61. The summed E-state index contributed by atoms with van der Waals surface area (Å²) in [5.41, 5.74) is 2.76. The van der Waals surface area contributed by atoms with Gasteiger partial charge in [-0.15, -0.1) is 0 Å². The number of nitrogens with zero attached hydrogens (tertiary/aromatic N) is 2. The molecule has 0 N–H and O–H groups in total. The lowest BCUT2D eigenvalue weighted by Gasteiger charge is -2.41. The van der Waals surface area contributed by atoms with Gasteiger partial charge in [0, 0.05) is 17.7 Å². The van der Waals surface area contributed by atoms with Crippen LogP contribution in [0.3, 0.4) is 0 Å². The fourth-order valence-corrected chi connectivity index (χ4v) is 6.30. The molecule has 3 fully saturated rings. The van der Waals surface area contributed by atoms with Gasteiger partial charge in [0.25, 0.3) is 0 Å². The van der Waals surface area contributed by atoms with E-state index in [4.69, 9.17) is 0 Å². The molecule has 4 aliphatic rings. The first kappa shape index (κ1) is 15.7. The molecule has 140 valence electrons. The molecule has 3 unspecified atom stereocenters. The maximum Gasteiger partial charge on any atom is 0.0863 e. The second-order valence-electron chi connectivity index (χ2n) is 9.06. The minimum absolute atomic E-state index is 0.377. The van der Waals surface area contributed by atoms with Gasteiger partial charge in [-0.05, 0) is 63.0 Å². The molecule has 1 aromatic rings. The Morgan fingerprint density at radius 2 is 1.58 bits per heavy atom. The second kappa shape index (κ2) is 6.71. The third-order valence-corrected chi connectivity index (χ3v) is 7.58. The van der Waals surface area contributed by atoms with E-state index in [1.165, 1.54) is 62.6 Å². The van der Waals surface area contributed by atoms with E-state index in [0.29, 0.717) is 30.1 Å². The molecule has 2 heteroatoms. The molecule has 26 heavy (non-hydrogen) atoms. The van der Waals surface area contributed by atoms with Crippen molar-refractivity contribution in [1.82, 2.24) is 4.90 Å². The van der Waals surface area contributed by atoms with Crippen molar-refractivity contribution in [3.8, 4) is 0 Å². The zero-order valence-electron chi connectivity index (χ0n) is 17.4. The van der Waals surface area contributed by atoms with Gasteiger partial charge in [-0.1, -0.05) is 56.0 Å². The Morgan fingerprint density at radius 1 is 0.923 bits per heavy atom. The summed E-state index contributed by atoms with van der Waals surface area (Å²) in [6.07, 6.45) is 15.5. The van der Waals surface area contributed by atoms with Crippen LogP contribution in [0.1, 0.15) is 65.2 Å². The smallest absolute Gasteiger partial charge is 0.0863 e. The van der Waals surface area contributed by atoms with Crippen LogP contribution in [0.4, 0.5) is 5.69 Å². The molecule has 4 atom stereocenters. The zero-order chi connectivity index (χ0) is 18.6. The van der Waals surface area contributed by atoms with Gasteiger partial charge in [0.05, 0.1) is 13.6 Å². The second-order valence-corrected chi connectivity index (χ2v) is 9.06. The van der Waals surface area contributed by atoms with Crippen molar-refractivity contribution in [3.63, 3.8) is 0 Å². The zero-order valence-corrected chi connectivity index (χ0v) is 16.4. The van der Waals surface area contributed by atoms with Crippen LogP contribution in [0.15, 0.2) is 36.4 Å². The van der Waals surface area contributed by atoms with Crippen LogP contribution < -0.4 is 4.90 Å². The highest BCUT2D eigenvalue weighted by Gasteiger charge is 2.53. The molecule has 0 bridgehead atoms. The summed E-state index contributed by atoms with van der Waals surface area (Å²) in [5.74, 6) is 1.20. The number of benzene rings is 1. The van der Waals surface area contributed by atoms with Gasteiger partial charge in [-0.2, -0.15) is 0 Å². The standard InChI is InChI=1S/C24H34N2/c1-17-9-3-8-14-21(17)25-18(2)22-15-16-23(19-10-4-5-11-19)26(22)24(25)20-12-6-7-13-20/h3,8-9,14-16,18-20,22-24H,4-7,10-13H2,1-2H3/t18-,22?,23?,24?/m0/s1/i23D. The number of hydrogen-bond acceptors (Lipinski definition) is 2. The summed E-state index contributed by atoms with van der Waals surface area (Å²) in [6.45, 7) is 4.64. The van der Waals surface area contributed by atoms with Gasteiger partial charge in [0.1, 0.15) is 0 Å². The van der Waals surface area contributed by atoms with Gasteiger partial charge in [-0.3, -0.25) is 4.90 Å². The SMILES string of the molecule is [2H]C1(C2CCCC2)C=CC2[C@H](C)N(c3ccccc3C)C(C3CCCC3)N21. The summed E-state index contributed by atoms with van der Waals surface area (Å²) in [4.78, 5) is 5.35. The first-order valence-electron chi connectivity index (χ1n) is 11.4. The van der Waals surface area contributed by atoms with Gasteiger partial charge in [0.2, 0.25) is 0 Å². The number of aryl methyl sites for hydroxylation is 1. The van der Waals surface area contributed by atoms with Gasteiger partial charge >= 0.3 is 0 Å². The van der Waals surface area contributed by atoms with E-state index in [1.807, 2.05) is 0 Å². The normalized spacial score (nSPS) is 39.1. The van der Waals surface area contributed by atoms with Crippen LogP contribution in [0.2, 0.25) is 0 Å². The van der Waals surface area contributed by atoms with E-state index in [9.17, 15) is 1.37 Å². The summed E-state index contributed by atoms with van der Waals surface area (Å²) < 4.78 is 9.61. The highest BCUT2D eigenvalue weighted by atomic mass is 15.5. The fraction of sp³-hybridized carbons (Fsp3) is 0.667. The lowest BCUT2D eigenvalue weighted by atomic mass is 9.94. The Hall–Kier alpha value is -1.28. The summed E-state index contributed by atoms with van der Waals surface area (Å²) in [5, 5.41) is 0. The molecule has 1 aromatic carbocycles. The highest BCUT2D eigenvalue weighted by molar-refractivity contribution is 5.57. The Balaban J connectivity index is 1.59. The number of para-hydroxylation sites is 1. The number of rotatable bonds is 3. The van der Waals surface area contributed by atoms with Gasteiger partial charge in [0.15, 0.2) is 0 Å². The molecule has 0 spiro atoms. The lowest BCUT2D eigenvalue weighted by Crippen LogP contribution is -2.50. The van der Waals surface area contributed by atoms with Crippen LogP contribution in [0, 0.1) is 18.8 Å². The molecule has 2 saturated carbocycles. The molecular weight excluding hydrogens is 316 g/mol. The van der Waals surface area contributed by atoms with Crippen LogP contribution >= 0.6 is 0 Å². The third kappa shape index (κ3) is 2.56. The van der Waals surface area contributed by atoms with Crippen LogP contribution in [0.25, 0.3) is 0 Å². The molecule has 5 rings (SSSR count). The summed E-state index contributed by atoms with van der Waals surface area (Å²) >= 11 is 0. The van der Waals surface area contributed by atoms with E-state index >= 15 is 0 Å². The van der Waals surface area contributed by atoms with E-state index in [0.717, 1.165) is 0 Å². The predicted octanol–water partition coefficient (Wildman–Crippen LogP) is 5.52. The monoisotopic (exact) mass is 351 g/mol. The van der Waals surface area contributed by atoms with Crippen LogP contribution in [-0.2, 0) is 0 Å². The number of hydrogen-bond donors (Lipinski definition) is 0. The van der Waals surface area contributed by atoms with Crippen molar-refractivity contribution >= 4 is 5.69 Å². The van der Waals surface area contributed by atoms with Gasteiger partial charge < -0.3 is 4.90 Å². The van der Waals surface area contributed by atoms with Crippen molar-refractivity contribution in [1.29, 1.82) is 0 Å². The molecular formula is C24H34N2. The molecule has 0 amide bonds. The Bertz CT molecular complexity index is 719. The Kier molecular flexibility index (Phi) is 4.06. The lowest BCUT2D eigenvalue weighted by molar-refractivity contribution is 0.114. The van der Waals surface area contributed by atoms with E-state index in [-0.39, 0.29) is 0 Å². The number of fused-ring (bicyclic) bond motifs is 1. The third-order valence-electron chi connectivity index (χ3n) is 7.58. The minimum Gasteiger partial charge on any atom is -0.351 e. The molecule has 0 aromatic heterocycles. The average Bonchev–Trinajstić information content (AvgIpc) is 3.43.